The van der Waals surface area contributed by atoms with Gasteiger partial charge in [0.2, 0.25) is 11.7 Å². The monoisotopic (exact) mass is 447 g/mol. The predicted octanol–water partition coefficient (Wildman–Crippen LogP) is 5.40. The van der Waals surface area contributed by atoms with E-state index in [0.29, 0.717) is 29.2 Å². The highest BCUT2D eigenvalue weighted by Crippen LogP contribution is 2.37. The van der Waals surface area contributed by atoms with Crippen LogP contribution in [0.3, 0.4) is 0 Å². The van der Waals surface area contributed by atoms with E-state index in [1.165, 1.54) is 14.2 Å². The molecular formula is C19H15F6N3O3. The Hall–Kier alpha value is -3.44. The Morgan fingerprint density at radius 1 is 0.871 bits per heavy atom. The van der Waals surface area contributed by atoms with E-state index in [2.05, 4.69) is 15.5 Å². The van der Waals surface area contributed by atoms with Gasteiger partial charge in [0.1, 0.15) is 0 Å². The number of ether oxygens (including phenoxy) is 2. The number of aromatic nitrogens is 2. The van der Waals surface area contributed by atoms with Crippen molar-refractivity contribution in [2.75, 3.05) is 19.5 Å². The quantitative estimate of drug-likeness (QED) is 0.510. The second-order valence-electron chi connectivity index (χ2n) is 6.23. The van der Waals surface area contributed by atoms with Crippen LogP contribution in [0, 0.1) is 0 Å². The molecule has 0 spiro atoms. The van der Waals surface area contributed by atoms with Crippen molar-refractivity contribution in [3.05, 3.63) is 53.4 Å². The van der Waals surface area contributed by atoms with Crippen molar-refractivity contribution in [3.8, 4) is 22.9 Å². The van der Waals surface area contributed by atoms with Crippen LogP contribution in [0.15, 0.2) is 40.9 Å². The van der Waals surface area contributed by atoms with Gasteiger partial charge in [-0.1, -0.05) is 5.16 Å². The molecule has 2 aromatic carbocycles. The molecule has 3 rings (SSSR count). The second-order valence-corrected chi connectivity index (χ2v) is 6.23. The van der Waals surface area contributed by atoms with Gasteiger partial charge in [0.15, 0.2) is 11.5 Å². The molecule has 0 unspecified atom stereocenters. The zero-order valence-electron chi connectivity index (χ0n) is 16.1. The molecule has 0 amide bonds. The first-order chi connectivity index (χ1) is 14.5. The first-order valence-corrected chi connectivity index (χ1v) is 8.59. The number of hydrogen-bond acceptors (Lipinski definition) is 6. The highest BCUT2D eigenvalue weighted by Gasteiger charge is 2.37. The zero-order valence-corrected chi connectivity index (χ0v) is 16.1. The van der Waals surface area contributed by atoms with Crippen LogP contribution < -0.4 is 14.8 Å². The summed E-state index contributed by atoms with van der Waals surface area (Å²) in [6.07, 6.45) is -9.88. The van der Waals surface area contributed by atoms with E-state index >= 15 is 0 Å². The molecule has 0 radical (unpaired) electrons. The molecule has 1 aromatic heterocycles. The number of nitrogens with zero attached hydrogens (tertiary/aromatic N) is 2. The summed E-state index contributed by atoms with van der Waals surface area (Å²) < 4.78 is 93.0. The van der Waals surface area contributed by atoms with Gasteiger partial charge in [-0.15, -0.1) is 0 Å². The maximum Gasteiger partial charge on any atom is 0.416 e. The molecule has 0 atom stereocenters. The van der Waals surface area contributed by atoms with Crippen molar-refractivity contribution < 1.29 is 40.3 Å². The predicted molar refractivity (Wildman–Crippen MR) is 96.6 cm³/mol. The summed E-state index contributed by atoms with van der Waals surface area (Å²) in [4.78, 5) is 4.09. The maximum atomic E-state index is 13.0. The number of methoxy groups -OCH3 is 2. The number of halogens is 6. The number of rotatable bonds is 6. The van der Waals surface area contributed by atoms with Crippen molar-refractivity contribution in [2.45, 2.75) is 18.9 Å². The van der Waals surface area contributed by atoms with Crippen LogP contribution in [0.1, 0.15) is 17.0 Å². The van der Waals surface area contributed by atoms with Crippen LogP contribution >= 0.6 is 0 Å². The normalized spacial score (nSPS) is 12.0. The number of hydrogen-bond donors (Lipinski definition) is 1. The van der Waals surface area contributed by atoms with E-state index < -0.39 is 29.2 Å². The van der Waals surface area contributed by atoms with Gasteiger partial charge in [-0.25, -0.2) is 0 Å². The van der Waals surface area contributed by atoms with Gasteiger partial charge in [0.25, 0.3) is 0 Å². The fraction of sp³-hybridized carbons (Fsp3) is 0.263. The second kappa shape index (κ2) is 8.36. The minimum absolute atomic E-state index is 0.0456. The van der Waals surface area contributed by atoms with Crippen LogP contribution in [0.2, 0.25) is 0 Å². The molecule has 31 heavy (non-hydrogen) atoms. The number of alkyl halides is 6. The Kier molecular flexibility index (Phi) is 6.00. The maximum absolute atomic E-state index is 13.0. The topological polar surface area (TPSA) is 69.4 Å². The van der Waals surface area contributed by atoms with Gasteiger partial charge < -0.3 is 19.3 Å². The van der Waals surface area contributed by atoms with Gasteiger partial charge in [-0.05, 0) is 36.4 Å². The van der Waals surface area contributed by atoms with Gasteiger partial charge in [0, 0.05) is 11.3 Å². The molecule has 166 valence electrons. The summed E-state index contributed by atoms with van der Waals surface area (Å²) in [5.74, 6) is 0.989. The van der Waals surface area contributed by atoms with Crippen molar-refractivity contribution in [1.82, 2.24) is 10.1 Å². The highest BCUT2D eigenvalue weighted by atomic mass is 19.4. The summed E-state index contributed by atoms with van der Waals surface area (Å²) in [5, 5.41) is 6.21. The molecular weight excluding hydrogens is 432 g/mol. The van der Waals surface area contributed by atoms with Gasteiger partial charge in [-0.3, -0.25) is 0 Å². The largest absolute Gasteiger partial charge is 0.493 e. The fourth-order valence-corrected chi connectivity index (χ4v) is 2.65. The van der Waals surface area contributed by atoms with Crippen molar-refractivity contribution in [2.24, 2.45) is 0 Å². The summed E-state index contributed by atoms with van der Waals surface area (Å²) >= 11 is 0. The first kappa shape index (κ1) is 22.2. The third-order valence-corrected chi connectivity index (χ3v) is 4.14. The van der Waals surface area contributed by atoms with Crippen molar-refractivity contribution >= 4 is 5.69 Å². The lowest BCUT2D eigenvalue weighted by atomic mass is 10.1. The molecule has 0 bridgehead atoms. The lowest BCUT2D eigenvalue weighted by Gasteiger charge is -2.14. The number of benzene rings is 2. The number of nitrogens with one attached hydrogen (secondary N) is 1. The van der Waals surface area contributed by atoms with E-state index in [1.54, 1.807) is 18.2 Å². The molecule has 6 nitrogen and oxygen atoms in total. The van der Waals surface area contributed by atoms with Crippen LogP contribution in [-0.4, -0.2) is 24.4 Å². The number of anilines is 1. The smallest absolute Gasteiger partial charge is 0.416 e. The molecule has 0 aliphatic carbocycles. The Bertz CT molecular complexity index is 1030. The Labute approximate surface area is 171 Å². The summed E-state index contributed by atoms with van der Waals surface area (Å²) in [7, 11) is 2.91. The molecule has 0 fully saturated rings. The Morgan fingerprint density at radius 2 is 1.48 bits per heavy atom. The Morgan fingerprint density at radius 3 is 2.03 bits per heavy atom. The third kappa shape index (κ3) is 5.19. The van der Waals surface area contributed by atoms with Crippen LogP contribution in [-0.2, 0) is 18.9 Å². The molecule has 0 saturated carbocycles. The molecule has 0 aliphatic rings. The van der Waals surface area contributed by atoms with Gasteiger partial charge in [0.05, 0.1) is 31.9 Å². The van der Waals surface area contributed by atoms with E-state index in [-0.39, 0.29) is 24.3 Å². The molecule has 12 heteroatoms. The van der Waals surface area contributed by atoms with Crippen LogP contribution in [0.25, 0.3) is 11.4 Å². The average Bonchev–Trinajstić information content (AvgIpc) is 3.19. The van der Waals surface area contributed by atoms with E-state index in [0.717, 1.165) is 0 Å². The standard InChI is InChI=1S/C19H15F6N3O3/c1-29-14-4-3-10(5-15(14)30-2)17-27-16(31-28-17)9-26-13-7-11(18(20,21)22)6-12(8-13)19(23,24)25/h3-8,26H,9H2,1-2H3. The SMILES string of the molecule is COc1ccc(-c2noc(CNc3cc(C(F)(F)F)cc(C(F)(F)F)c3)n2)cc1OC. The van der Waals surface area contributed by atoms with Gasteiger partial charge in [-0.2, -0.15) is 31.3 Å². The molecule has 1 N–H and O–H groups in total. The molecule has 0 saturated heterocycles. The van der Waals surface area contributed by atoms with E-state index in [4.69, 9.17) is 14.0 Å². The Balaban J connectivity index is 1.81. The minimum atomic E-state index is -4.94. The lowest BCUT2D eigenvalue weighted by molar-refractivity contribution is -0.143. The van der Waals surface area contributed by atoms with Crippen molar-refractivity contribution in [3.63, 3.8) is 0 Å². The van der Waals surface area contributed by atoms with Gasteiger partial charge >= 0.3 is 12.4 Å². The molecule has 1 heterocycles. The summed E-state index contributed by atoms with van der Waals surface area (Å²) in [6.45, 7) is -0.293. The molecule has 3 aromatic rings. The van der Waals surface area contributed by atoms with Crippen LogP contribution in [0.5, 0.6) is 11.5 Å². The van der Waals surface area contributed by atoms with E-state index in [1.807, 2.05) is 0 Å². The van der Waals surface area contributed by atoms with Crippen LogP contribution in [0.4, 0.5) is 32.0 Å². The average molecular weight is 447 g/mol. The summed E-state index contributed by atoms with van der Waals surface area (Å²) in [6, 6.07) is 6.02. The zero-order chi connectivity index (χ0) is 22.8. The summed E-state index contributed by atoms with van der Waals surface area (Å²) in [5.41, 5.74) is -2.75. The highest BCUT2D eigenvalue weighted by molar-refractivity contribution is 5.60. The minimum Gasteiger partial charge on any atom is -0.493 e. The first-order valence-electron chi connectivity index (χ1n) is 8.59. The lowest BCUT2D eigenvalue weighted by Crippen LogP contribution is -2.12. The van der Waals surface area contributed by atoms with Crippen molar-refractivity contribution in [1.29, 1.82) is 0 Å². The fourth-order valence-electron chi connectivity index (χ4n) is 2.65. The molecule has 0 aliphatic heterocycles. The van der Waals surface area contributed by atoms with E-state index in [9.17, 15) is 26.3 Å². The third-order valence-electron chi connectivity index (χ3n) is 4.14.